The number of nitrogens with zero attached hydrogens (tertiary/aromatic N) is 1. The number of anilines is 2. The fourth-order valence-corrected chi connectivity index (χ4v) is 3.03. The third-order valence-electron chi connectivity index (χ3n) is 3.39. The largest absolute Gasteiger partial charge is 0.481 e. The van der Waals surface area contributed by atoms with Gasteiger partial charge in [-0.25, -0.2) is 0 Å². The average Bonchev–Trinajstić information content (AvgIpc) is 2.50. The Kier molecular flexibility index (Phi) is 6.55. The third-order valence-corrected chi connectivity index (χ3v) is 4.15. The van der Waals surface area contributed by atoms with Crippen molar-refractivity contribution in [3.8, 4) is 0 Å². The molecule has 0 radical (unpaired) electrons. The van der Waals surface area contributed by atoms with Crippen LogP contribution in [0.3, 0.4) is 0 Å². The molecule has 2 rings (SSSR count). The number of hydrogen-bond donors (Lipinski definition) is 1. The first-order valence-corrected chi connectivity index (χ1v) is 8.37. The number of aliphatic carboxylic acids is 1. The molecular weight excluding hydrogens is 369 g/mol. The van der Waals surface area contributed by atoms with Gasteiger partial charge in [-0.3, -0.25) is 4.79 Å². The molecule has 0 saturated heterocycles. The van der Waals surface area contributed by atoms with Crippen LogP contribution in [0.4, 0.5) is 11.4 Å². The van der Waals surface area contributed by atoms with Gasteiger partial charge in [0.1, 0.15) is 0 Å². The molecule has 0 atom stereocenters. The molecule has 0 fully saturated rings. The number of carboxylic acid groups (broad SMARTS) is 1. The van der Waals surface area contributed by atoms with E-state index in [0.29, 0.717) is 32.9 Å². The minimum absolute atomic E-state index is 0.0989. The highest BCUT2D eigenvalue weighted by Crippen LogP contribution is 2.39. The van der Waals surface area contributed by atoms with Gasteiger partial charge in [0, 0.05) is 17.3 Å². The molecule has 0 unspecified atom stereocenters. The lowest BCUT2D eigenvalue weighted by atomic mass is 10.1. The zero-order valence-electron chi connectivity index (χ0n) is 13.0. The maximum atomic E-state index is 11.2. The Morgan fingerprint density at radius 3 is 2.33 bits per heavy atom. The van der Waals surface area contributed by atoms with Gasteiger partial charge in [0.2, 0.25) is 0 Å². The second kappa shape index (κ2) is 8.43. The van der Waals surface area contributed by atoms with Gasteiger partial charge in [-0.15, -0.1) is 0 Å². The quantitative estimate of drug-likeness (QED) is 0.674. The minimum atomic E-state index is -0.906. The van der Waals surface area contributed by atoms with Gasteiger partial charge in [0.05, 0.1) is 22.2 Å². The number of carboxylic acids is 1. The van der Waals surface area contributed by atoms with Crippen molar-refractivity contribution in [2.45, 2.75) is 13.3 Å². The molecule has 0 aromatic heterocycles. The van der Waals surface area contributed by atoms with Crippen LogP contribution in [0, 0.1) is 0 Å². The van der Waals surface area contributed by atoms with Crippen LogP contribution >= 0.6 is 34.8 Å². The summed E-state index contributed by atoms with van der Waals surface area (Å²) >= 11 is 18.7. The lowest BCUT2D eigenvalue weighted by Gasteiger charge is -2.28. The van der Waals surface area contributed by atoms with Crippen LogP contribution in [0.5, 0.6) is 0 Å². The number of allylic oxidation sites excluding steroid dienone is 1. The first-order valence-electron chi connectivity index (χ1n) is 7.23. The zero-order valence-corrected chi connectivity index (χ0v) is 15.2. The molecule has 0 spiro atoms. The van der Waals surface area contributed by atoms with Crippen LogP contribution in [0.15, 0.2) is 53.6 Å². The molecule has 0 saturated carbocycles. The molecular formula is C18H16Cl3NO2. The predicted molar refractivity (Wildman–Crippen MR) is 101 cm³/mol. The Hall–Kier alpha value is -1.68. The number of halogens is 3. The summed E-state index contributed by atoms with van der Waals surface area (Å²) in [6, 6.07) is 12.5. The van der Waals surface area contributed by atoms with E-state index in [1.807, 2.05) is 23.1 Å². The van der Waals surface area contributed by atoms with Gasteiger partial charge in [0.15, 0.2) is 0 Å². The van der Waals surface area contributed by atoms with E-state index in [4.69, 9.17) is 39.9 Å². The monoisotopic (exact) mass is 383 g/mol. The summed E-state index contributed by atoms with van der Waals surface area (Å²) in [5.74, 6) is -0.906. The molecule has 1 N–H and O–H groups in total. The Labute approximate surface area is 156 Å². The highest BCUT2D eigenvalue weighted by Gasteiger charge is 2.19. The van der Waals surface area contributed by atoms with Crippen molar-refractivity contribution in [2.75, 3.05) is 11.4 Å². The van der Waals surface area contributed by atoms with Crippen LogP contribution in [-0.2, 0) is 11.2 Å². The average molecular weight is 385 g/mol. The van der Waals surface area contributed by atoms with Crippen LogP contribution in [0.2, 0.25) is 10.0 Å². The summed E-state index contributed by atoms with van der Waals surface area (Å²) in [7, 11) is 0. The maximum absolute atomic E-state index is 11.2. The molecule has 0 amide bonds. The van der Waals surface area contributed by atoms with Gasteiger partial charge in [-0.2, -0.15) is 0 Å². The van der Waals surface area contributed by atoms with E-state index in [9.17, 15) is 4.79 Å². The number of carbonyl (C=O) groups is 1. The van der Waals surface area contributed by atoms with Crippen LogP contribution in [-0.4, -0.2) is 17.6 Å². The summed E-state index contributed by atoms with van der Waals surface area (Å²) < 4.78 is 0. The summed E-state index contributed by atoms with van der Waals surface area (Å²) in [6.07, 6.45) is 1.72. The smallest absolute Gasteiger partial charge is 0.307 e. The summed E-state index contributed by atoms with van der Waals surface area (Å²) in [6.45, 7) is 2.19. The van der Waals surface area contributed by atoms with Gasteiger partial charge in [-0.1, -0.05) is 65.1 Å². The number of hydrogen-bond acceptors (Lipinski definition) is 2. The molecule has 24 heavy (non-hydrogen) atoms. The SMILES string of the molecule is CC(Cl)=CCN(c1ccccc1CC(=O)O)c1c(Cl)cccc1Cl. The lowest BCUT2D eigenvalue weighted by Crippen LogP contribution is -2.20. The highest BCUT2D eigenvalue weighted by atomic mass is 35.5. The van der Waals surface area contributed by atoms with Crippen molar-refractivity contribution in [1.29, 1.82) is 0 Å². The van der Waals surface area contributed by atoms with Gasteiger partial charge < -0.3 is 10.0 Å². The fourth-order valence-electron chi connectivity index (χ4n) is 2.36. The van der Waals surface area contributed by atoms with Crippen LogP contribution in [0.25, 0.3) is 0 Å². The topological polar surface area (TPSA) is 40.5 Å². The second-order valence-electron chi connectivity index (χ2n) is 5.17. The van der Waals surface area contributed by atoms with Crippen LogP contribution in [0.1, 0.15) is 12.5 Å². The summed E-state index contributed by atoms with van der Waals surface area (Å²) in [5, 5.41) is 10.8. The van der Waals surface area contributed by atoms with E-state index < -0.39 is 5.97 Å². The predicted octanol–water partition coefficient (Wildman–Crippen LogP) is 5.90. The highest BCUT2D eigenvalue weighted by molar-refractivity contribution is 6.39. The standard InChI is InChI=1S/C18H16Cl3NO2/c1-12(19)9-10-22(18-14(20)6-4-7-15(18)21)16-8-3-2-5-13(16)11-17(23)24/h2-9H,10-11H2,1H3,(H,23,24). The molecule has 126 valence electrons. The first kappa shape index (κ1) is 18.7. The molecule has 0 aliphatic carbocycles. The van der Waals surface area contributed by atoms with E-state index in [1.54, 1.807) is 37.3 Å². The fraction of sp³-hybridized carbons (Fsp3) is 0.167. The Morgan fingerprint density at radius 1 is 1.12 bits per heavy atom. The second-order valence-corrected chi connectivity index (χ2v) is 6.58. The summed E-state index contributed by atoms with van der Waals surface area (Å²) in [4.78, 5) is 13.0. The Bertz CT molecular complexity index is 750. The third kappa shape index (κ3) is 4.67. The first-order chi connectivity index (χ1) is 11.4. The molecule has 2 aromatic carbocycles. The van der Waals surface area contributed by atoms with Crippen molar-refractivity contribution in [1.82, 2.24) is 0 Å². The van der Waals surface area contributed by atoms with Crippen molar-refractivity contribution >= 4 is 52.1 Å². The zero-order chi connectivity index (χ0) is 17.7. The maximum Gasteiger partial charge on any atom is 0.307 e. The number of rotatable bonds is 6. The van der Waals surface area contributed by atoms with E-state index in [0.717, 1.165) is 5.69 Å². The number of para-hydroxylation sites is 2. The molecule has 0 heterocycles. The molecule has 2 aromatic rings. The van der Waals surface area contributed by atoms with E-state index in [1.165, 1.54) is 0 Å². The molecule has 3 nitrogen and oxygen atoms in total. The molecule has 0 aliphatic rings. The van der Waals surface area contributed by atoms with Gasteiger partial charge >= 0.3 is 5.97 Å². The van der Waals surface area contributed by atoms with E-state index in [-0.39, 0.29) is 6.42 Å². The van der Waals surface area contributed by atoms with Gasteiger partial charge in [0.25, 0.3) is 0 Å². The Balaban J connectivity index is 2.60. The van der Waals surface area contributed by atoms with E-state index in [2.05, 4.69) is 0 Å². The lowest BCUT2D eigenvalue weighted by molar-refractivity contribution is -0.136. The van der Waals surface area contributed by atoms with Crippen molar-refractivity contribution < 1.29 is 9.90 Å². The normalized spacial score (nSPS) is 11.4. The van der Waals surface area contributed by atoms with Crippen molar-refractivity contribution in [2.24, 2.45) is 0 Å². The minimum Gasteiger partial charge on any atom is -0.481 e. The van der Waals surface area contributed by atoms with E-state index >= 15 is 0 Å². The van der Waals surface area contributed by atoms with Crippen molar-refractivity contribution in [3.63, 3.8) is 0 Å². The summed E-state index contributed by atoms with van der Waals surface area (Å²) in [5.41, 5.74) is 2.01. The molecule has 0 bridgehead atoms. The van der Waals surface area contributed by atoms with Crippen molar-refractivity contribution in [3.05, 3.63) is 69.2 Å². The van der Waals surface area contributed by atoms with Crippen LogP contribution < -0.4 is 4.90 Å². The number of benzene rings is 2. The molecule has 6 heteroatoms. The molecule has 0 aliphatic heterocycles. The van der Waals surface area contributed by atoms with Gasteiger partial charge in [-0.05, 0) is 30.7 Å². The Morgan fingerprint density at radius 2 is 1.75 bits per heavy atom.